The summed E-state index contributed by atoms with van der Waals surface area (Å²) >= 11 is 0. The molecule has 0 aliphatic carbocycles. The first-order valence-corrected chi connectivity index (χ1v) is 8.95. The van der Waals surface area contributed by atoms with Gasteiger partial charge in [-0.1, -0.05) is 17.7 Å². The molecular formula is C20H32N2O2. The zero-order valence-corrected chi connectivity index (χ0v) is 16.0. The Hall–Kier alpha value is -1.71. The Balaban J connectivity index is 1.93. The van der Waals surface area contributed by atoms with Crippen molar-refractivity contribution in [2.24, 2.45) is 5.92 Å². The molecule has 0 bridgehead atoms. The fourth-order valence-corrected chi connectivity index (χ4v) is 3.43. The molecule has 134 valence electrons. The van der Waals surface area contributed by atoms with Crippen LogP contribution in [0, 0.1) is 26.7 Å². The lowest BCUT2D eigenvalue weighted by Gasteiger charge is -2.34. The highest BCUT2D eigenvalue weighted by atomic mass is 16.6. The van der Waals surface area contributed by atoms with Crippen molar-refractivity contribution >= 4 is 11.8 Å². The van der Waals surface area contributed by atoms with Gasteiger partial charge >= 0.3 is 6.09 Å². The average Bonchev–Trinajstić information content (AvgIpc) is 2.44. The SMILES string of the molecule is Cc1cc(C)c(NCC2CCCN(C(=O)OC(C)(C)C)C2)c(C)c1. The van der Waals surface area contributed by atoms with Gasteiger partial charge in [0, 0.05) is 25.3 Å². The van der Waals surface area contributed by atoms with Crippen LogP contribution >= 0.6 is 0 Å². The summed E-state index contributed by atoms with van der Waals surface area (Å²) in [5.41, 5.74) is 4.66. The van der Waals surface area contributed by atoms with Crippen molar-refractivity contribution in [3.8, 4) is 0 Å². The number of rotatable bonds is 3. The fourth-order valence-electron chi connectivity index (χ4n) is 3.43. The highest BCUT2D eigenvalue weighted by Crippen LogP contribution is 2.24. The lowest BCUT2D eigenvalue weighted by Crippen LogP contribution is -2.44. The zero-order chi connectivity index (χ0) is 17.9. The molecule has 1 fully saturated rings. The fraction of sp³-hybridized carbons (Fsp3) is 0.650. The van der Waals surface area contributed by atoms with Crippen molar-refractivity contribution < 1.29 is 9.53 Å². The van der Waals surface area contributed by atoms with E-state index < -0.39 is 5.60 Å². The van der Waals surface area contributed by atoms with Crippen LogP contribution in [0.3, 0.4) is 0 Å². The molecule has 1 aliphatic heterocycles. The van der Waals surface area contributed by atoms with Gasteiger partial charge in [0.15, 0.2) is 0 Å². The monoisotopic (exact) mass is 332 g/mol. The Morgan fingerprint density at radius 2 is 1.88 bits per heavy atom. The number of ether oxygens (including phenoxy) is 1. The minimum Gasteiger partial charge on any atom is -0.444 e. The maximum absolute atomic E-state index is 12.3. The summed E-state index contributed by atoms with van der Waals surface area (Å²) in [5, 5.41) is 3.61. The topological polar surface area (TPSA) is 41.6 Å². The zero-order valence-electron chi connectivity index (χ0n) is 16.0. The van der Waals surface area contributed by atoms with Crippen LogP contribution in [0.2, 0.25) is 0 Å². The Morgan fingerprint density at radius 1 is 1.25 bits per heavy atom. The van der Waals surface area contributed by atoms with E-state index >= 15 is 0 Å². The first-order valence-electron chi connectivity index (χ1n) is 8.95. The number of piperidine rings is 1. The summed E-state index contributed by atoms with van der Waals surface area (Å²) in [6.07, 6.45) is 2.00. The van der Waals surface area contributed by atoms with Crippen molar-refractivity contribution in [1.82, 2.24) is 4.90 Å². The molecule has 4 heteroatoms. The molecule has 1 aliphatic rings. The van der Waals surface area contributed by atoms with Crippen molar-refractivity contribution in [2.75, 3.05) is 25.0 Å². The van der Waals surface area contributed by atoms with E-state index in [0.29, 0.717) is 5.92 Å². The number of carbonyl (C=O) groups excluding carboxylic acids is 1. The van der Waals surface area contributed by atoms with Gasteiger partial charge in [-0.15, -0.1) is 0 Å². The molecule has 0 radical (unpaired) electrons. The molecule has 4 nitrogen and oxygen atoms in total. The number of amides is 1. The average molecular weight is 332 g/mol. The van der Waals surface area contributed by atoms with E-state index in [0.717, 1.165) is 32.5 Å². The van der Waals surface area contributed by atoms with Gasteiger partial charge in [-0.25, -0.2) is 4.79 Å². The standard InChI is InChI=1S/C20H32N2O2/c1-14-10-15(2)18(16(3)11-14)21-12-17-8-7-9-22(13-17)19(23)24-20(4,5)6/h10-11,17,21H,7-9,12-13H2,1-6H3. The maximum Gasteiger partial charge on any atom is 0.410 e. The predicted molar refractivity (Wildman–Crippen MR) is 99.7 cm³/mol. The molecule has 1 unspecified atom stereocenters. The Bertz CT molecular complexity index is 567. The molecule has 2 rings (SSSR count). The van der Waals surface area contributed by atoms with Gasteiger partial charge in [0.1, 0.15) is 5.60 Å². The Labute approximate surface area is 146 Å². The van der Waals surface area contributed by atoms with E-state index in [1.54, 1.807) is 0 Å². The number of benzene rings is 1. The third-order valence-electron chi connectivity index (χ3n) is 4.42. The van der Waals surface area contributed by atoms with Gasteiger partial charge in [-0.05, 0) is 71.4 Å². The van der Waals surface area contributed by atoms with E-state index in [2.05, 4.69) is 38.2 Å². The van der Waals surface area contributed by atoms with E-state index in [1.165, 1.54) is 22.4 Å². The molecule has 1 aromatic rings. The lowest BCUT2D eigenvalue weighted by atomic mass is 9.97. The van der Waals surface area contributed by atoms with Crippen LogP contribution in [0.5, 0.6) is 0 Å². The molecule has 1 heterocycles. The summed E-state index contributed by atoms with van der Waals surface area (Å²) in [5.74, 6) is 0.464. The van der Waals surface area contributed by atoms with Crippen LogP contribution in [0.15, 0.2) is 12.1 Å². The van der Waals surface area contributed by atoms with Gasteiger partial charge in [0.2, 0.25) is 0 Å². The van der Waals surface area contributed by atoms with Gasteiger partial charge < -0.3 is 15.0 Å². The van der Waals surface area contributed by atoms with Gasteiger partial charge in [0.25, 0.3) is 0 Å². The molecule has 1 amide bonds. The van der Waals surface area contributed by atoms with Crippen LogP contribution < -0.4 is 5.32 Å². The lowest BCUT2D eigenvalue weighted by molar-refractivity contribution is 0.0172. The summed E-state index contributed by atoms with van der Waals surface area (Å²) in [6, 6.07) is 4.42. The van der Waals surface area contributed by atoms with E-state index in [1.807, 2.05) is 25.7 Å². The number of hydrogen-bond acceptors (Lipinski definition) is 3. The van der Waals surface area contributed by atoms with Gasteiger partial charge in [0.05, 0.1) is 0 Å². The van der Waals surface area contributed by atoms with E-state index in [-0.39, 0.29) is 6.09 Å². The number of aryl methyl sites for hydroxylation is 3. The summed E-state index contributed by atoms with van der Waals surface area (Å²) in [4.78, 5) is 14.1. The quantitative estimate of drug-likeness (QED) is 0.874. The Kier molecular flexibility index (Phi) is 5.79. The van der Waals surface area contributed by atoms with Crippen molar-refractivity contribution in [3.63, 3.8) is 0 Å². The maximum atomic E-state index is 12.3. The number of anilines is 1. The first kappa shape index (κ1) is 18.6. The van der Waals surface area contributed by atoms with Crippen LogP contribution in [0.4, 0.5) is 10.5 Å². The summed E-state index contributed by atoms with van der Waals surface area (Å²) < 4.78 is 5.51. The van der Waals surface area contributed by atoms with Gasteiger partial charge in [-0.2, -0.15) is 0 Å². The molecule has 0 spiro atoms. The second-order valence-corrected chi connectivity index (χ2v) is 8.09. The molecule has 24 heavy (non-hydrogen) atoms. The molecular weight excluding hydrogens is 300 g/mol. The minimum absolute atomic E-state index is 0.185. The van der Waals surface area contributed by atoms with Crippen molar-refractivity contribution in [1.29, 1.82) is 0 Å². The molecule has 1 atom stereocenters. The number of carbonyl (C=O) groups is 1. The van der Waals surface area contributed by atoms with Crippen molar-refractivity contribution in [2.45, 2.75) is 60.0 Å². The molecule has 0 aromatic heterocycles. The summed E-state index contributed by atoms with van der Waals surface area (Å²) in [7, 11) is 0. The molecule has 1 aromatic carbocycles. The van der Waals surface area contributed by atoms with E-state index in [9.17, 15) is 4.79 Å². The van der Waals surface area contributed by atoms with Crippen LogP contribution in [-0.2, 0) is 4.74 Å². The van der Waals surface area contributed by atoms with E-state index in [4.69, 9.17) is 4.74 Å². The second-order valence-electron chi connectivity index (χ2n) is 8.09. The normalized spacial score (nSPS) is 18.4. The summed E-state index contributed by atoms with van der Waals surface area (Å²) in [6.45, 7) is 14.6. The third-order valence-corrected chi connectivity index (χ3v) is 4.42. The highest BCUT2D eigenvalue weighted by molar-refractivity contribution is 5.68. The number of likely N-dealkylation sites (tertiary alicyclic amines) is 1. The largest absolute Gasteiger partial charge is 0.444 e. The second kappa shape index (κ2) is 7.45. The van der Waals surface area contributed by atoms with Crippen LogP contribution in [0.1, 0.15) is 50.3 Å². The minimum atomic E-state index is -0.432. The molecule has 1 saturated heterocycles. The van der Waals surface area contributed by atoms with Crippen LogP contribution in [0.25, 0.3) is 0 Å². The predicted octanol–water partition coefficient (Wildman–Crippen LogP) is 4.67. The Morgan fingerprint density at radius 3 is 2.46 bits per heavy atom. The smallest absolute Gasteiger partial charge is 0.410 e. The molecule has 0 saturated carbocycles. The van der Waals surface area contributed by atoms with Crippen LogP contribution in [-0.4, -0.2) is 36.2 Å². The molecule has 1 N–H and O–H groups in total. The number of nitrogens with zero attached hydrogens (tertiary/aromatic N) is 1. The van der Waals surface area contributed by atoms with Gasteiger partial charge in [-0.3, -0.25) is 0 Å². The first-order chi connectivity index (χ1) is 11.2. The number of nitrogens with one attached hydrogen (secondary N) is 1. The number of hydrogen-bond donors (Lipinski definition) is 1. The highest BCUT2D eigenvalue weighted by Gasteiger charge is 2.27. The van der Waals surface area contributed by atoms with Crippen molar-refractivity contribution in [3.05, 3.63) is 28.8 Å². The third kappa shape index (κ3) is 5.15.